The smallest absolute Gasteiger partial charge is 0.253 e. The van der Waals surface area contributed by atoms with E-state index in [1.54, 1.807) is 24.5 Å². The van der Waals surface area contributed by atoms with Crippen LogP contribution in [0, 0.1) is 0 Å². The number of carbonyl (C=O) groups is 1. The second-order valence-electron chi connectivity index (χ2n) is 4.67. The molecule has 1 fully saturated rings. The van der Waals surface area contributed by atoms with E-state index in [9.17, 15) is 4.79 Å². The molecule has 0 unspecified atom stereocenters. The first kappa shape index (κ1) is 12.3. The van der Waals surface area contributed by atoms with Crippen LogP contribution in [-0.2, 0) is 0 Å². The van der Waals surface area contributed by atoms with Crippen molar-refractivity contribution in [1.29, 1.82) is 0 Å². The predicted molar refractivity (Wildman–Crippen MR) is 74.3 cm³/mol. The Bertz CT molecular complexity index is 586. The zero-order chi connectivity index (χ0) is 13.2. The molecular weight excluding hydrogens is 262 g/mol. The molecule has 4 heteroatoms. The first-order valence-electron chi connectivity index (χ1n) is 6.38. The third-order valence-corrected chi connectivity index (χ3v) is 3.72. The van der Waals surface area contributed by atoms with Gasteiger partial charge in [0.15, 0.2) is 0 Å². The Balaban J connectivity index is 1.95. The second kappa shape index (κ2) is 5.10. The van der Waals surface area contributed by atoms with Crippen LogP contribution in [0.5, 0.6) is 0 Å². The highest BCUT2D eigenvalue weighted by Crippen LogP contribution is 2.29. The average Bonchev–Trinajstić information content (AvgIpc) is 3.12. The molecule has 98 valence electrons. The molecule has 0 aliphatic carbocycles. The maximum absolute atomic E-state index is 12.3. The molecule has 0 atom stereocenters. The molecule has 2 heterocycles. The molecule has 3 rings (SSSR count). The van der Waals surface area contributed by atoms with E-state index >= 15 is 0 Å². The van der Waals surface area contributed by atoms with Gasteiger partial charge in [0.2, 0.25) is 0 Å². The van der Waals surface area contributed by atoms with Crippen LogP contribution >= 0.6 is 11.6 Å². The van der Waals surface area contributed by atoms with Gasteiger partial charge in [-0.05, 0) is 43.2 Å². The maximum Gasteiger partial charge on any atom is 0.253 e. The van der Waals surface area contributed by atoms with Crippen LogP contribution in [0.25, 0.3) is 11.3 Å². The lowest BCUT2D eigenvalue weighted by Crippen LogP contribution is -2.27. The van der Waals surface area contributed by atoms with Crippen LogP contribution in [0.3, 0.4) is 0 Å². The number of halogens is 1. The minimum absolute atomic E-state index is 0.0713. The number of benzene rings is 1. The van der Waals surface area contributed by atoms with Crippen LogP contribution < -0.4 is 0 Å². The third-order valence-electron chi connectivity index (χ3n) is 3.39. The van der Waals surface area contributed by atoms with Crippen LogP contribution in [-0.4, -0.2) is 23.9 Å². The monoisotopic (exact) mass is 275 g/mol. The van der Waals surface area contributed by atoms with Crippen LogP contribution in [0.4, 0.5) is 0 Å². The minimum atomic E-state index is 0.0713. The quantitative estimate of drug-likeness (QED) is 0.834. The number of likely N-dealkylation sites (tertiary alicyclic amines) is 1. The van der Waals surface area contributed by atoms with Gasteiger partial charge in [-0.15, -0.1) is 0 Å². The first-order valence-corrected chi connectivity index (χ1v) is 6.76. The SMILES string of the molecule is O=C(c1ccc(Cl)c(-c2ccco2)c1)N1CCCC1. The van der Waals surface area contributed by atoms with E-state index in [1.807, 2.05) is 17.0 Å². The van der Waals surface area contributed by atoms with Crippen molar-refractivity contribution in [3.63, 3.8) is 0 Å². The van der Waals surface area contributed by atoms with E-state index in [4.69, 9.17) is 16.0 Å². The molecular formula is C15H14ClNO2. The molecule has 0 saturated carbocycles. The molecule has 1 aliphatic rings. The molecule has 1 saturated heterocycles. The average molecular weight is 276 g/mol. The summed E-state index contributed by atoms with van der Waals surface area (Å²) in [5.41, 5.74) is 1.43. The predicted octanol–water partition coefficient (Wildman–Crippen LogP) is 3.84. The molecule has 1 aromatic heterocycles. The lowest BCUT2D eigenvalue weighted by Gasteiger charge is -2.15. The molecule has 3 nitrogen and oxygen atoms in total. The van der Waals surface area contributed by atoms with Gasteiger partial charge in [0.1, 0.15) is 5.76 Å². The topological polar surface area (TPSA) is 33.5 Å². The standard InChI is InChI=1S/C15H14ClNO2/c16-13-6-5-11(15(18)17-7-1-2-8-17)10-12(13)14-4-3-9-19-14/h3-6,9-10H,1-2,7-8H2. The molecule has 0 spiro atoms. The Hall–Kier alpha value is -1.74. The Morgan fingerprint density at radius 3 is 2.68 bits per heavy atom. The Kier molecular flexibility index (Phi) is 3.30. The normalized spacial score (nSPS) is 14.9. The fraction of sp³-hybridized carbons (Fsp3) is 0.267. The van der Waals surface area contributed by atoms with Gasteiger partial charge in [0.05, 0.1) is 11.3 Å². The summed E-state index contributed by atoms with van der Waals surface area (Å²) < 4.78 is 5.35. The van der Waals surface area contributed by atoms with Crippen molar-refractivity contribution in [2.45, 2.75) is 12.8 Å². The number of hydrogen-bond donors (Lipinski definition) is 0. The number of nitrogens with zero attached hydrogens (tertiary/aromatic N) is 1. The number of carbonyl (C=O) groups excluding carboxylic acids is 1. The lowest BCUT2D eigenvalue weighted by molar-refractivity contribution is 0.0793. The summed E-state index contributed by atoms with van der Waals surface area (Å²) >= 11 is 6.17. The van der Waals surface area contributed by atoms with Crippen LogP contribution in [0.2, 0.25) is 5.02 Å². The molecule has 0 N–H and O–H groups in total. The highest BCUT2D eigenvalue weighted by Gasteiger charge is 2.20. The van der Waals surface area contributed by atoms with Crippen LogP contribution in [0.1, 0.15) is 23.2 Å². The maximum atomic E-state index is 12.3. The Morgan fingerprint density at radius 1 is 1.21 bits per heavy atom. The summed E-state index contributed by atoms with van der Waals surface area (Å²) in [5.74, 6) is 0.753. The number of furan rings is 1. The Labute approximate surface area is 116 Å². The second-order valence-corrected chi connectivity index (χ2v) is 5.08. The van der Waals surface area contributed by atoms with Gasteiger partial charge in [0, 0.05) is 24.2 Å². The van der Waals surface area contributed by atoms with Crippen molar-refractivity contribution in [2.75, 3.05) is 13.1 Å². The van der Waals surface area contributed by atoms with Gasteiger partial charge in [-0.2, -0.15) is 0 Å². The number of amides is 1. The fourth-order valence-corrected chi connectivity index (χ4v) is 2.59. The van der Waals surface area contributed by atoms with Gasteiger partial charge < -0.3 is 9.32 Å². The van der Waals surface area contributed by atoms with Gasteiger partial charge in [0.25, 0.3) is 5.91 Å². The van der Waals surface area contributed by atoms with E-state index < -0.39 is 0 Å². The van der Waals surface area contributed by atoms with Gasteiger partial charge in [-0.3, -0.25) is 4.79 Å². The number of rotatable bonds is 2. The number of hydrogen-bond acceptors (Lipinski definition) is 2. The lowest BCUT2D eigenvalue weighted by atomic mass is 10.1. The van der Waals surface area contributed by atoms with E-state index in [1.165, 1.54) is 0 Å². The molecule has 0 radical (unpaired) electrons. The van der Waals surface area contributed by atoms with Gasteiger partial charge >= 0.3 is 0 Å². The first-order chi connectivity index (χ1) is 9.25. The minimum Gasteiger partial charge on any atom is -0.464 e. The van der Waals surface area contributed by atoms with Crippen molar-refractivity contribution >= 4 is 17.5 Å². The van der Waals surface area contributed by atoms with Gasteiger partial charge in [-0.25, -0.2) is 0 Å². The summed E-state index contributed by atoms with van der Waals surface area (Å²) in [7, 11) is 0. The van der Waals surface area contributed by atoms with Crippen molar-refractivity contribution in [1.82, 2.24) is 4.90 Å². The van der Waals surface area contributed by atoms with Crippen molar-refractivity contribution in [3.8, 4) is 11.3 Å². The van der Waals surface area contributed by atoms with Crippen molar-refractivity contribution in [3.05, 3.63) is 47.2 Å². The van der Waals surface area contributed by atoms with E-state index in [-0.39, 0.29) is 5.91 Å². The summed E-state index contributed by atoms with van der Waals surface area (Å²) in [6.07, 6.45) is 3.77. The van der Waals surface area contributed by atoms with Crippen LogP contribution in [0.15, 0.2) is 41.0 Å². The van der Waals surface area contributed by atoms with E-state index in [0.29, 0.717) is 16.3 Å². The van der Waals surface area contributed by atoms with Crippen molar-refractivity contribution < 1.29 is 9.21 Å². The largest absolute Gasteiger partial charge is 0.464 e. The van der Waals surface area contributed by atoms with Gasteiger partial charge in [-0.1, -0.05) is 11.6 Å². The van der Waals surface area contributed by atoms with Crippen molar-refractivity contribution in [2.24, 2.45) is 0 Å². The fourth-order valence-electron chi connectivity index (χ4n) is 2.38. The molecule has 0 bridgehead atoms. The summed E-state index contributed by atoms with van der Waals surface area (Å²) in [6, 6.07) is 8.98. The zero-order valence-electron chi connectivity index (χ0n) is 10.4. The molecule has 1 aromatic carbocycles. The molecule has 1 aliphatic heterocycles. The molecule has 1 amide bonds. The highest BCUT2D eigenvalue weighted by atomic mass is 35.5. The highest BCUT2D eigenvalue weighted by molar-refractivity contribution is 6.33. The zero-order valence-corrected chi connectivity index (χ0v) is 11.2. The van der Waals surface area contributed by atoms with E-state index in [2.05, 4.69) is 0 Å². The third kappa shape index (κ3) is 2.38. The summed E-state index contributed by atoms with van der Waals surface area (Å²) in [6.45, 7) is 1.69. The molecule has 2 aromatic rings. The van der Waals surface area contributed by atoms with E-state index in [0.717, 1.165) is 31.5 Å². The Morgan fingerprint density at radius 2 is 2.00 bits per heavy atom. The summed E-state index contributed by atoms with van der Waals surface area (Å²) in [5, 5.41) is 0.591. The summed E-state index contributed by atoms with van der Waals surface area (Å²) in [4.78, 5) is 14.2. The molecule has 19 heavy (non-hydrogen) atoms.